The van der Waals surface area contributed by atoms with Crippen LogP contribution in [0.3, 0.4) is 0 Å². The highest BCUT2D eigenvalue weighted by Crippen LogP contribution is 2.33. The molecule has 8 heteroatoms. The van der Waals surface area contributed by atoms with Crippen LogP contribution in [0.2, 0.25) is 0 Å². The van der Waals surface area contributed by atoms with Gasteiger partial charge in [0.2, 0.25) is 0 Å². The fourth-order valence-corrected chi connectivity index (χ4v) is 2.02. The minimum Gasteiger partial charge on any atom is -0.463 e. The summed E-state index contributed by atoms with van der Waals surface area (Å²) in [5.41, 5.74) is 0. The Morgan fingerprint density at radius 3 is 2.32 bits per heavy atom. The van der Waals surface area contributed by atoms with Crippen LogP contribution in [0.4, 0.5) is 4.39 Å². The Labute approximate surface area is 109 Å². The second-order valence-corrected chi connectivity index (χ2v) is 4.54. The molecule has 0 aromatic heterocycles. The summed E-state index contributed by atoms with van der Waals surface area (Å²) < 4.78 is 38.3. The molecule has 2 unspecified atom stereocenters. The van der Waals surface area contributed by atoms with Gasteiger partial charge in [0.15, 0.2) is 5.75 Å². The topological polar surface area (TPSA) is 78.9 Å². The van der Waals surface area contributed by atoms with Gasteiger partial charge >= 0.3 is 25.8 Å². The van der Waals surface area contributed by atoms with Crippen molar-refractivity contribution in [2.24, 2.45) is 0 Å². The van der Waals surface area contributed by atoms with Crippen molar-refractivity contribution in [2.75, 3.05) is 7.11 Å². The zero-order chi connectivity index (χ0) is 14.4. The highest BCUT2D eigenvalue weighted by molar-refractivity contribution is 7.41. The molecule has 0 aliphatic rings. The molecule has 0 heterocycles. The maximum Gasteiger partial charge on any atom is 0.614 e. The second kappa shape index (κ2) is 6.80. The molecular weight excluding hydrogens is 278 g/mol. The molecule has 1 rings (SSSR count). The number of carbonyl (C=O) groups is 2. The number of halogens is 1. The van der Waals surface area contributed by atoms with E-state index < -0.39 is 31.6 Å². The van der Waals surface area contributed by atoms with E-state index in [9.17, 15) is 18.5 Å². The minimum absolute atomic E-state index is 0.0727. The Morgan fingerprint density at radius 2 is 1.84 bits per heavy atom. The zero-order valence-electron chi connectivity index (χ0n) is 10.2. The third-order valence-electron chi connectivity index (χ3n) is 1.88. The quantitative estimate of drug-likeness (QED) is 0.609. The summed E-state index contributed by atoms with van der Waals surface area (Å²) in [6, 6.07) is 4.64. The van der Waals surface area contributed by atoms with Crippen molar-refractivity contribution >= 4 is 20.0 Å². The lowest BCUT2D eigenvalue weighted by Crippen LogP contribution is -2.25. The van der Waals surface area contributed by atoms with Gasteiger partial charge < -0.3 is 9.47 Å². The maximum absolute atomic E-state index is 12.7. The van der Waals surface area contributed by atoms with Crippen molar-refractivity contribution in [3.63, 3.8) is 0 Å². The van der Waals surface area contributed by atoms with Gasteiger partial charge in [0, 0.05) is 6.92 Å². The number of methoxy groups -OCH3 is 1. The molecule has 0 saturated heterocycles. The molecule has 0 radical (unpaired) electrons. The van der Waals surface area contributed by atoms with Gasteiger partial charge in [-0.1, -0.05) is 0 Å². The van der Waals surface area contributed by atoms with Crippen LogP contribution >= 0.6 is 8.03 Å². The summed E-state index contributed by atoms with van der Waals surface area (Å²) in [5.74, 6) is -3.89. The summed E-state index contributed by atoms with van der Waals surface area (Å²) in [6.07, 6.45) is 0. The number of hydrogen-bond acceptors (Lipinski definition) is 6. The van der Waals surface area contributed by atoms with E-state index in [0.29, 0.717) is 0 Å². The minimum atomic E-state index is -2.70. The molecule has 102 valence electrons. The van der Waals surface area contributed by atoms with Gasteiger partial charge in [0.1, 0.15) is 5.82 Å². The molecule has 0 spiro atoms. The lowest BCUT2D eigenvalue weighted by Gasteiger charge is -2.04. The third kappa shape index (κ3) is 4.63. The average Bonchev–Trinajstić information content (AvgIpc) is 2.37. The van der Waals surface area contributed by atoms with Gasteiger partial charge in [0.05, 0.1) is 7.11 Å². The van der Waals surface area contributed by atoms with Crippen LogP contribution in [0, 0.1) is 5.82 Å². The van der Waals surface area contributed by atoms with E-state index in [1.807, 2.05) is 0 Å². The Morgan fingerprint density at radius 1 is 1.26 bits per heavy atom. The predicted molar refractivity (Wildman–Crippen MR) is 62.2 cm³/mol. The monoisotopic (exact) mass is 289 g/mol. The highest BCUT2D eigenvalue weighted by Gasteiger charge is 2.45. The summed E-state index contributed by atoms with van der Waals surface area (Å²) in [5, 5.41) is 0. The fourth-order valence-electron chi connectivity index (χ4n) is 1.08. The van der Waals surface area contributed by atoms with E-state index in [2.05, 4.69) is 9.47 Å². The van der Waals surface area contributed by atoms with Crippen LogP contribution in [-0.2, 0) is 23.6 Å². The lowest BCUT2D eigenvalue weighted by molar-refractivity contribution is -0.159. The Kier molecular flexibility index (Phi) is 5.38. The van der Waals surface area contributed by atoms with Crippen molar-refractivity contribution in [3.05, 3.63) is 30.1 Å². The number of rotatable bonds is 5. The van der Waals surface area contributed by atoms with E-state index in [1.54, 1.807) is 0 Å². The summed E-state index contributed by atoms with van der Waals surface area (Å²) in [7, 11) is -1.64. The van der Waals surface area contributed by atoms with E-state index in [1.165, 1.54) is 12.1 Å². The van der Waals surface area contributed by atoms with Gasteiger partial charge in [-0.2, -0.15) is 0 Å². The van der Waals surface area contributed by atoms with E-state index in [4.69, 9.17) is 4.52 Å². The van der Waals surface area contributed by atoms with Crippen LogP contribution in [0.5, 0.6) is 5.75 Å². The zero-order valence-corrected chi connectivity index (χ0v) is 11.1. The summed E-state index contributed by atoms with van der Waals surface area (Å²) in [4.78, 5) is 22.1. The molecule has 6 nitrogen and oxygen atoms in total. The summed E-state index contributed by atoms with van der Waals surface area (Å²) >= 11 is 0. The Bertz CT molecular complexity index is 486. The Balaban J connectivity index is 2.79. The third-order valence-corrected chi connectivity index (χ3v) is 2.97. The first kappa shape index (κ1) is 15.0. The predicted octanol–water partition coefficient (Wildman–Crippen LogP) is 2.01. The maximum atomic E-state index is 12.7. The van der Waals surface area contributed by atoms with Crippen molar-refractivity contribution in [1.29, 1.82) is 0 Å². The van der Waals surface area contributed by atoms with Crippen LogP contribution in [0.25, 0.3) is 0 Å². The van der Waals surface area contributed by atoms with Gasteiger partial charge in [-0.25, -0.2) is 9.18 Å². The molecule has 0 N–H and O–H groups in total. The smallest absolute Gasteiger partial charge is 0.463 e. The van der Waals surface area contributed by atoms with Crippen molar-refractivity contribution in [1.82, 2.24) is 0 Å². The highest BCUT2D eigenvalue weighted by atomic mass is 31.1. The van der Waals surface area contributed by atoms with E-state index >= 15 is 0 Å². The molecule has 0 amide bonds. The van der Waals surface area contributed by atoms with Crippen LogP contribution in [-0.4, -0.2) is 24.9 Å². The average molecular weight is 289 g/mol. The molecule has 0 saturated carbocycles. The molecule has 0 bridgehead atoms. The largest absolute Gasteiger partial charge is 0.614 e. The molecule has 0 fully saturated rings. The van der Waals surface area contributed by atoms with Crippen LogP contribution in [0.15, 0.2) is 24.3 Å². The lowest BCUT2D eigenvalue weighted by atomic mass is 10.3. The number of ether oxygens (including phenoxy) is 2. The standard InChI is InChI=1S/C11H11FO6P/c1-7(13)17-11(10(14)16-2)19(15)18-9-5-3-8(12)4-6-9/h3-6,11H,1-2H3/q+1. The first-order chi connectivity index (χ1) is 8.93. The molecule has 0 aliphatic heterocycles. The number of esters is 2. The van der Waals surface area contributed by atoms with Crippen molar-refractivity contribution < 1.29 is 32.5 Å². The van der Waals surface area contributed by atoms with Crippen LogP contribution in [0.1, 0.15) is 6.92 Å². The van der Waals surface area contributed by atoms with Crippen molar-refractivity contribution in [2.45, 2.75) is 12.8 Å². The van der Waals surface area contributed by atoms with Crippen LogP contribution < -0.4 is 4.52 Å². The molecular formula is C11H11FO6P+. The number of hydrogen-bond donors (Lipinski definition) is 0. The molecule has 1 aromatic carbocycles. The molecule has 1 aromatic rings. The van der Waals surface area contributed by atoms with Gasteiger partial charge in [-0.3, -0.25) is 9.32 Å². The molecule has 0 aliphatic carbocycles. The van der Waals surface area contributed by atoms with Gasteiger partial charge in [-0.15, -0.1) is 0 Å². The molecule has 19 heavy (non-hydrogen) atoms. The van der Waals surface area contributed by atoms with Gasteiger partial charge in [0.25, 0.3) is 0 Å². The van der Waals surface area contributed by atoms with Gasteiger partial charge in [-0.05, 0) is 28.8 Å². The second-order valence-electron chi connectivity index (χ2n) is 3.32. The first-order valence-electron chi connectivity index (χ1n) is 5.09. The molecule has 2 atom stereocenters. The normalized spacial score (nSPS) is 12.3. The number of carbonyl (C=O) groups excluding carboxylic acids is 2. The number of benzene rings is 1. The fraction of sp³-hybridized carbons (Fsp3) is 0.273. The van der Waals surface area contributed by atoms with E-state index in [0.717, 1.165) is 26.2 Å². The summed E-state index contributed by atoms with van der Waals surface area (Å²) in [6.45, 7) is 1.05. The van der Waals surface area contributed by atoms with E-state index in [-0.39, 0.29) is 5.75 Å². The Hall–Kier alpha value is -2.01. The first-order valence-corrected chi connectivity index (χ1v) is 6.33. The SMILES string of the molecule is COC(=O)C(OC(C)=O)[P+](=O)Oc1ccc(F)cc1. The van der Waals surface area contributed by atoms with Crippen molar-refractivity contribution in [3.8, 4) is 5.75 Å².